The summed E-state index contributed by atoms with van der Waals surface area (Å²) in [5.41, 5.74) is 2.53. The number of hydrogen-bond acceptors (Lipinski definition) is 5. The summed E-state index contributed by atoms with van der Waals surface area (Å²) in [5, 5.41) is 1.49. The summed E-state index contributed by atoms with van der Waals surface area (Å²) in [6.45, 7) is 0.597. The van der Waals surface area contributed by atoms with Crippen LogP contribution in [0.1, 0.15) is 54.5 Å². The van der Waals surface area contributed by atoms with Crippen molar-refractivity contribution in [3.05, 3.63) is 56.7 Å². The molecule has 2 aliphatic carbocycles. The standard InChI is InChI=1S/C24H26N2O2S2/c27-18-11-5-7-13-20(18)30-24-25-22-21(17-10-4-6-12-19(17)29-22)23(28)26(24)15-14-16-8-2-1-3-9-16/h1-3,8-9,20H,4-7,10-15H2. The van der Waals surface area contributed by atoms with E-state index in [-0.39, 0.29) is 10.8 Å². The molecule has 6 heteroatoms. The Labute approximate surface area is 184 Å². The highest BCUT2D eigenvalue weighted by Crippen LogP contribution is 2.36. The van der Waals surface area contributed by atoms with E-state index < -0.39 is 0 Å². The molecule has 1 saturated carbocycles. The van der Waals surface area contributed by atoms with Gasteiger partial charge >= 0.3 is 0 Å². The number of hydrogen-bond donors (Lipinski definition) is 0. The van der Waals surface area contributed by atoms with E-state index in [1.54, 1.807) is 11.3 Å². The second-order valence-corrected chi connectivity index (χ2v) is 10.5. The first-order valence-corrected chi connectivity index (χ1v) is 12.7. The number of aryl methyl sites for hydroxylation is 3. The van der Waals surface area contributed by atoms with Crippen molar-refractivity contribution < 1.29 is 4.79 Å². The molecule has 0 N–H and O–H groups in total. The van der Waals surface area contributed by atoms with Crippen molar-refractivity contribution in [2.45, 2.75) is 74.7 Å². The molecule has 3 aromatic rings. The fraction of sp³-hybridized carbons (Fsp3) is 0.458. The van der Waals surface area contributed by atoms with Crippen LogP contribution in [0.25, 0.3) is 10.2 Å². The third kappa shape index (κ3) is 3.87. The molecule has 0 aliphatic heterocycles. The Kier molecular flexibility index (Phi) is 5.79. The maximum absolute atomic E-state index is 13.7. The average Bonchev–Trinajstić information content (AvgIpc) is 3.14. The average molecular weight is 439 g/mol. The molecule has 0 spiro atoms. The summed E-state index contributed by atoms with van der Waals surface area (Å²) < 4.78 is 1.85. The highest BCUT2D eigenvalue weighted by Gasteiger charge is 2.27. The summed E-state index contributed by atoms with van der Waals surface area (Å²) in [6, 6.07) is 10.3. The quantitative estimate of drug-likeness (QED) is 0.515. The van der Waals surface area contributed by atoms with Crippen LogP contribution in [0.4, 0.5) is 0 Å². The Bertz CT molecular complexity index is 1130. The summed E-state index contributed by atoms with van der Waals surface area (Å²) >= 11 is 3.21. The number of thioether (sulfide) groups is 1. The van der Waals surface area contributed by atoms with Gasteiger partial charge in [-0.3, -0.25) is 14.2 Å². The minimum absolute atomic E-state index is 0.0688. The SMILES string of the molecule is O=C1CCCCC1Sc1nc2sc3c(c2c(=O)n1CCc1ccccc1)CCCC3. The number of carbonyl (C=O) groups is 1. The maximum Gasteiger partial charge on any atom is 0.263 e. The molecule has 0 radical (unpaired) electrons. The third-order valence-electron chi connectivity index (χ3n) is 6.25. The van der Waals surface area contributed by atoms with Gasteiger partial charge in [-0.25, -0.2) is 4.98 Å². The van der Waals surface area contributed by atoms with Gasteiger partial charge in [0.05, 0.1) is 10.6 Å². The van der Waals surface area contributed by atoms with E-state index in [1.807, 2.05) is 22.8 Å². The Hall–Kier alpha value is -1.92. The molecule has 0 saturated heterocycles. The van der Waals surface area contributed by atoms with Gasteiger partial charge in [-0.1, -0.05) is 48.5 Å². The number of ketones is 1. The lowest BCUT2D eigenvalue weighted by molar-refractivity contribution is -0.119. The number of aromatic nitrogens is 2. The number of fused-ring (bicyclic) bond motifs is 3. The van der Waals surface area contributed by atoms with Crippen LogP contribution < -0.4 is 5.56 Å². The van der Waals surface area contributed by atoms with Gasteiger partial charge in [-0.2, -0.15) is 0 Å². The molecule has 30 heavy (non-hydrogen) atoms. The number of Topliss-reactive ketones (excluding diaryl/α,β-unsaturated/α-hetero) is 1. The normalized spacial score (nSPS) is 19.2. The molecule has 0 bridgehead atoms. The number of thiophene rings is 1. The van der Waals surface area contributed by atoms with Gasteiger partial charge in [-0.05, 0) is 56.1 Å². The minimum Gasteiger partial charge on any atom is -0.298 e. The van der Waals surface area contributed by atoms with Crippen LogP contribution in [0.15, 0.2) is 40.3 Å². The summed E-state index contributed by atoms with van der Waals surface area (Å²) in [4.78, 5) is 33.3. The number of carbonyl (C=O) groups excluding carboxylic acids is 1. The van der Waals surface area contributed by atoms with Crippen LogP contribution in [-0.2, 0) is 30.6 Å². The van der Waals surface area contributed by atoms with Crippen LogP contribution >= 0.6 is 23.1 Å². The highest BCUT2D eigenvalue weighted by atomic mass is 32.2. The zero-order valence-electron chi connectivity index (χ0n) is 17.1. The van der Waals surface area contributed by atoms with Crippen molar-refractivity contribution in [1.82, 2.24) is 9.55 Å². The van der Waals surface area contributed by atoms with Gasteiger partial charge in [0, 0.05) is 17.8 Å². The molecular weight excluding hydrogens is 412 g/mol. The van der Waals surface area contributed by atoms with E-state index in [0.717, 1.165) is 60.3 Å². The number of rotatable bonds is 5. The smallest absolute Gasteiger partial charge is 0.263 e. The lowest BCUT2D eigenvalue weighted by Gasteiger charge is -2.21. The van der Waals surface area contributed by atoms with E-state index in [2.05, 4.69) is 12.1 Å². The first kappa shape index (κ1) is 20.0. The van der Waals surface area contributed by atoms with Crippen LogP contribution in [-0.4, -0.2) is 20.6 Å². The Morgan fingerprint density at radius 1 is 1.03 bits per heavy atom. The highest BCUT2D eigenvalue weighted by molar-refractivity contribution is 8.00. The van der Waals surface area contributed by atoms with Crippen LogP contribution in [0.5, 0.6) is 0 Å². The molecule has 2 heterocycles. The summed E-state index contributed by atoms with van der Waals surface area (Å²) in [6.07, 6.45) is 8.77. The molecule has 2 aliphatic rings. The van der Waals surface area contributed by atoms with Gasteiger partial charge in [-0.15, -0.1) is 11.3 Å². The second-order valence-electron chi connectivity index (χ2n) is 8.30. The molecule has 5 rings (SSSR count). The van der Waals surface area contributed by atoms with Gasteiger partial charge in [0.1, 0.15) is 10.6 Å². The Balaban J connectivity index is 1.56. The second kappa shape index (κ2) is 8.67. The first-order valence-electron chi connectivity index (χ1n) is 11.0. The molecule has 1 aromatic carbocycles. The van der Waals surface area contributed by atoms with Crippen LogP contribution in [0, 0.1) is 0 Å². The van der Waals surface area contributed by atoms with E-state index >= 15 is 0 Å². The Morgan fingerprint density at radius 3 is 2.67 bits per heavy atom. The van der Waals surface area contributed by atoms with Crippen molar-refractivity contribution in [1.29, 1.82) is 0 Å². The van der Waals surface area contributed by atoms with Gasteiger partial charge < -0.3 is 0 Å². The van der Waals surface area contributed by atoms with Crippen molar-refractivity contribution in [2.24, 2.45) is 0 Å². The first-order chi connectivity index (χ1) is 14.7. The van der Waals surface area contributed by atoms with Gasteiger partial charge in [0.25, 0.3) is 5.56 Å². The third-order valence-corrected chi connectivity index (χ3v) is 8.74. The molecular formula is C24H26N2O2S2. The molecule has 2 aromatic heterocycles. The molecule has 1 unspecified atom stereocenters. The predicted octanol–water partition coefficient (Wildman–Crippen LogP) is 5.18. The fourth-order valence-electron chi connectivity index (χ4n) is 4.60. The van der Waals surface area contributed by atoms with E-state index in [1.165, 1.54) is 34.2 Å². The molecule has 156 valence electrons. The molecule has 0 amide bonds. The topological polar surface area (TPSA) is 52.0 Å². The number of benzene rings is 1. The van der Waals surface area contributed by atoms with E-state index in [0.29, 0.717) is 18.7 Å². The molecule has 1 fully saturated rings. The van der Waals surface area contributed by atoms with Crippen LogP contribution in [0.3, 0.4) is 0 Å². The maximum atomic E-state index is 13.7. The molecule has 1 atom stereocenters. The lowest BCUT2D eigenvalue weighted by atomic mass is 9.97. The Morgan fingerprint density at radius 2 is 1.83 bits per heavy atom. The lowest BCUT2D eigenvalue weighted by Crippen LogP contribution is -2.27. The monoisotopic (exact) mass is 438 g/mol. The van der Waals surface area contributed by atoms with Crippen LogP contribution in [0.2, 0.25) is 0 Å². The van der Waals surface area contributed by atoms with Gasteiger partial charge in [0.15, 0.2) is 5.16 Å². The van der Waals surface area contributed by atoms with Crippen molar-refractivity contribution in [3.63, 3.8) is 0 Å². The van der Waals surface area contributed by atoms with E-state index in [9.17, 15) is 9.59 Å². The van der Waals surface area contributed by atoms with Crippen molar-refractivity contribution in [2.75, 3.05) is 0 Å². The van der Waals surface area contributed by atoms with Crippen molar-refractivity contribution >= 4 is 39.1 Å². The van der Waals surface area contributed by atoms with Gasteiger partial charge in [0.2, 0.25) is 0 Å². The molecule has 4 nitrogen and oxygen atoms in total. The summed E-state index contributed by atoms with van der Waals surface area (Å²) in [5.74, 6) is 0.306. The van der Waals surface area contributed by atoms with E-state index in [4.69, 9.17) is 4.98 Å². The zero-order chi connectivity index (χ0) is 20.5. The van der Waals surface area contributed by atoms with Crippen molar-refractivity contribution in [3.8, 4) is 0 Å². The minimum atomic E-state index is -0.0688. The fourth-order valence-corrected chi connectivity index (χ4v) is 7.14. The number of nitrogens with zero attached hydrogens (tertiary/aromatic N) is 2. The zero-order valence-corrected chi connectivity index (χ0v) is 18.7. The summed E-state index contributed by atoms with van der Waals surface area (Å²) in [7, 11) is 0. The largest absolute Gasteiger partial charge is 0.298 e. The predicted molar refractivity (Wildman–Crippen MR) is 124 cm³/mol.